The lowest BCUT2D eigenvalue weighted by molar-refractivity contribution is 0.0979. The summed E-state index contributed by atoms with van der Waals surface area (Å²) in [6, 6.07) is 0. The Hall–Kier alpha value is -0.110. The van der Waals surface area contributed by atoms with Crippen LogP contribution in [0.25, 0.3) is 0 Å². The fraction of sp³-hybridized carbons (Fsp3) is 0.941. The van der Waals surface area contributed by atoms with Crippen LogP contribution in [0.1, 0.15) is 52.4 Å². The molecule has 3 N–H and O–H groups in total. The van der Waals surface area contributed by atoms with E-state index in [9.17, 15) is 0 Å². The van der Waals surface area contributed by atoms with Crippen LogP contribution >= 0.6 is 24.0 Å². The molecule has 2 aliphatic rings. The molecule has 2 heterocycles. The van der Waals surface area contributed by atoms with Crippen molar-refractivity contribution in [1.29, 1.82) is 0 Å². The van der Waals surface area contributed by atoms with Gasteiger partial charge in [-0.05, 0) is 65.7 Å². The average molecular weight is 401 g/mol. The second kappa shape index (κ2) is 20.2. The number of hydrogen-bond acceptors (Lipinski definition) is 6. The molecule has 2 fully saturated rings. The molecule has 0 radical (unpaired) electrons. The number of alkyl halides is 1. The Kier molecular flexibility index (Phi) is 21.9. The molecule has 0 saturated carbocycles. The lowest BCUT2D eigenvalue weighted by Gasteiger charge is -2.25. The summed E-state index contributed by atoms with van der Waals surface area (Å²) in [5.41, 5.74) is 0.685. The normalized spacial score (nSPS) is 17.9. The molecule has 2 aliphatic heterocycles. The molecule has 6 nitrogen and oxygen atoms in total. The topological polar surface area (TPSA) is 74.3 Å². The highest BCUT2D eigenvalue weighted by Crippen LogP contribution is 2.08. The zero-order valence-corrected chi connectivity index (χ0v) is 17.5. The van der Waals surface area contributed by atoms with Gasteiger partial charge in [-0.3, -0.25) is 0 Å². The molecule has 0 aromatic heterocycles. The minimum atomic E-state index is 0. The molecule has 2 saturated heterocycles. The summed E-state index contributed by atoms with van der Waals surface area (Å²) in [5.74, 6) is 5.71. The van der Waals surface area contributed by atoms with Gasteiger partial charge in [0.1, 0.15) is 0 Å². The highest BCUT2D eigenvalue weighted by atomic mass is 35.5. The van der Waals surface area contributed by atoms with Gasteiger partial charge in [-0.1, -0.05) is 18.0 Å². The number of piperidine rings is 2. The Labute approximate surface area is 165 Å². The maximum absolute atomic E-state index is 7.73. The van der Waals surface area contributed by atoms with E-state index in [-0.39, 0.29) is 12.4 Å². The first-order chi connectivity index (χ1) is 11.6. The maximum atomic E-state index is 7.73. The first kappa shape index (κ1) is 27.1. The van der Waals surface area contributed by atoms with Gasteiger partial charge in [-0.2, -0.15) is 0 Å². The van der Waals surface area contributed by atoms with Crippen molar-refractivity contribution in [3.8, 4) is 0 Å². The SMILES string of the molecule is CC(C)=NO.Cl.ClCCN1CCCCC1.NOCCN1CCCCC1. The summed E-state index contributed by atoms with van der Waals surface area (Å²) in [7, 11) is 0. The predicted octanol–water partition coefficient (Wildman–Crippen LogP) is 3.35. The van der Waals surface area contributed by atoms with Crippen molar-refractivity contribution in [3.63, 3.8) is 0 Å². The molecular weight excluding hydrogens is 363 g/mol. The van der Waals surface area contributed by atoms with Crippen LogP contribution in [0.2, 0.25) is 0 Å². The van der Waals surface area contributed by atoms with E-state index in [1.54, 1.807) is 13.8 Å². The van der Waals surface area contributed by atoms with Crippen molar-refractivity contribution in [2.24, 2.45) is 11.1 Å². The van der Waals surface area contributed by atoms with Crippen LogP contribution in [0.4, 0.5) is 0 Å². The van der Waals surface area contributed by atoms with Crippen LogP contribution in [0.3, 0.4) is 0 Å². The van der Waals surface area contributed by atoms with Gasteiger partial charge in [-0.25, -0.2) is 5.90 Å². The van der Waals surface area contributed by atoms with Gasteiger partial charge in [0.15, 0.2) is 0 Å². The molecule has 25 heavy (non-hydrogen) atoms. The van der Waals surface area contributed by atoms with Gasteiger partial charge in [0, 0.05) is 19.0 Å². The molecule has 0 aromatic carbocycles. The van der Waals surface area contributed by atoms with Crippen molar-refractivity contribution >= 4 is 29.7 Å². The average Bonchev–Trinajstić information content (AvgIpc) is 2.63. The largest absolute Gasteiger partial charge is 0.411 e. The number of oxime groups is 1. The molecule has 0 bridgehead atoms. The minimum Gasteiger partial charge on any atom is -0.411 e. The summed E-state index contributed by atoms with van der Waals surface area (Å²) < 4.78 is 0. The van der Waals surface area contributed by atoms with Crippen molar-refractivity contribution in [2.45, 2.75) is 52.4 Å². The van der Waals surface area contributed by atoms with Crippen LogP contribution in [-0.4, -0.2) is 72.5 Å². The lowest BCUT2D eigenvalue weighted by atomic mass is 10.1. The van der Waals surface area contributed by atoms with Crippen LogP contribution in [0.5, 0.6) is 0 Å². The second-order valence-corrected chi connectivity index (χ2v) is 6.79. The standard InChI is InChI=1S/C7H14ClN.C7H16N2O.C3H7NO.ClH/c8-4-7-9-5-2-1-3-6-9;8-10-7-6-9-4-2-1-3-5-9;1-3(2)4-5;/h1-7H2;1-8H2;5H,1-2H3;1H. The van der Waals surface area contributed by atoms with Crippen LogP contribution < -0.4 is 5.90 Å². The third-order valence-electron chi connectivity index (χ3n) is 4.02. The highest BCUT2D eigenvalue weighted by Gasteiger charge is 2.08. The van der Waals surface area contributed by atoms with Crippen LogP contribution in [-0.2, 0) is 4.84 Å². The van der Waals surface area contributed by atoms with E-state index >= 15 is 0 Å². The highest BCUT2D eigenvalue weighted by molar-refractivity contribution is 6.18. The van der Waals surface area contributed by atoms with Gasteiger partial charge < -0.3 is 19.8 Å². The zero-order chi connectivity index (χ0) is 18.0. The van der Waals surface area contributed by atoms with E-state index < -0.39 is 0 Å². The van der Waals surface area contributed by atoms with Crippen molar-refractivity contribution in [1.82, 2.24) is 9.80 Å². The molecule has 2 rings (SSSR count). The Bertz CT molecular complexity index is 292. The number of nitrogens with two attached hydrogens (primary N) is 1. The van der Waals surface area contributed by atoms with E-state index in [1.807, 2.05) is 0 Å². The first-order valence-corrected chi connectivity index (χ1v) is 9.65. The van der Waals surface area contributed by atoms with E-state index in [4.69, 9.17) is 22.7 Å². The van der Waals surface area contributed by atoms with Crippen molar-refractivity contribution in [2.75, 3.05) is 51.8 Å². The van der Waals surface area contributed by atoms with Gasteiger partial charge >= 0.3 is 0 Å². The smallest absolute Gasteiger partial charge is 0.0806 e. The number of halogens is 2. The number of likely N-dealkylation sites (tertiary alicyclic amines) is 2. The molecule has 0 atom stereocenters. The van der Waals surface area contributed by atoms with Gasteiger partial charge in [0.25, 0.3) is 0 Å². The molecule has 0 unspecified atom stereocenters. The van der Waals surface area contributed by atoms with Crippen LogP contribution in [0.15, 0.2) is 5.16 Å². The fourth-order valence-corrected chi connectivity index (χ4v) is 2.91. The summed E-state index contributed by atoms with van der Waals surface area (Å²) in [6.45, 7) is 11.2. The Morgan fingerprint density at radius 2 is 1.36 bits per heavy atom. The second-order valence-electron chi connectivity index (χ2n) is 6.41. The van der Waals surface area contributed by atoms with Crippen LogP contribution in [0, 0.1) is 0 Å². The molecule has 8 heteroatoms. The summed E-state index contributed by atoms with van der Waals surface area (Å²) in [6.07, 6.45) is 8.22. The minimum absolute atomic E-state index is 0. The van der Waals surface area contributed by atoms with Gasteiger partial charge in [-0.15, -0.1) is 24.0 Å². The third kappa shape index (κ3) is 18.5. The number of rotatable bonds is 5. The fourth-order valence-electron chi connectivity index (χ4n) is 2.67. The number of hydrogen-bond donors (Lipinski definition) is 2. The zero-order valence-electron chi connectivity index (χ0n) is 16.0. The van der Waals surface area contributed by atoms with E-state index in [0.29, 0.717) is 12.3 Å². The van der Waals surface area contributed by atoms with Crippen molar-refractivity contribution < 1.29 is 10.0 Å². The van der Waals surface area contributed by atoms with Crippen molar-refractivity contribution in [3.05, 3.63) is 0 Å². The summed E-state index contributed by atoms with van der Waals surface area (Å²) in [5, 5.41) is 10.5. The first-order valence-electron chi connectivity index (χ1n) is 9.11. The molecule has 0 spiro atoms. The lowest BCUT2D eigenvalue weighted by Crippen LogP contribution is -2.33. The van der Waals surface area contributed by atoms with E-state index in [0.717, 1.165) is 19.0 Å². The monoisotopic (exact) mass is 400 g/mol. The number of nitrogens with zero attached hydrogens (tertiary/aromatic N) is 3. The molecule has 0 aromatic rings. The van der Waals surface area contributed by atoms with E-state index in [1.165, 1.54) is 64.7 Å². The third-order valence-corrected chi connectivity index (χ3v) is 4.19. The summed E-state index contributed by atoms with van der Waals surface area (Å²) in [4.78, 5) is 9.34. The molecule has 0 aliphatic carbocycles. The Morgan fingerprint density at radius 3 is 1.68 bits per heavy atom. The van der Waals surface area contributed by atoms with Gasteiger partial charge in [0.2, 0.25) is 0 Å². The van der Waals surface area contributed by atoms with E-state index in [2.05, 4.69) is 19.8 Å². The summed E-state index contributed by atoms with van der Waals surface area (Å²) >= 11 is 5.59. The molecule has 0 amide bonds. The predicted molar refractivity (Wildman–Crippen MR) is 109 cm³/mol. The quantitative estimate of drug-likeness (QED) is 0.320. The Balaban J connectivity index is 0. The molecule has 152 valence electrons. The maximum Gasteiger partial charge on any atom is 0.0806 e. The van der Waals surface area contributed by atoms with Gasteiger partial charge in [0.05, 0.1) is 12.3 Å². The Morgan fingerprint density at radius 1 is 0.960 bits per heavy atom. The molecular formula is C17H38Cl2N4O2.